The topological polar surface area (TPSA) is 74.8 Å². The van der Waals surface area contributed by atoms with Crippen molar-refractivity contribution >= 4 is 31.0 Å². The maximum absolute atomic E-state index is 13.2. The summed E-state index contributed by atoms with van der Waals surface area (Å²) in [6, 6.07) is 25.7. The predicted molar refractivity (Wildman–Crippen MR) is 170 cm³/mol. The first-order valence-electron chi connectivity index (χ1n) is 13.6. The van der Waals surface area contributed by atoms with E-state index in [1.165, 1.54) is 10.8 Å². The molecular weight excluding hydrogens is 565 g/mol. The number of benzene rings is 4. The molecule has 5 rings (SSSR count). The van der Waals surface area contributed by atoms with Crippen molar-refractivity contribution in [2.24, 2.45) is 0 Å². The summed E-state index contributed by atoms with van der Waals surface area (Å²) in [6.07, 6.45) is 3.26. The summed E-state index contributed by atoms with van der Waals surface area (Å²) >= 11 is 0. The molecule has 42 heavy (non-hydrogen) atoms. The zero-order chi connectivity index (χ0) is 30.1. The van der Waals surface area contributed by atoms with Crippen molar-refractivity contribution < 1.29 is 16.8 Å². The highest BCUT2D eigenvalue weighted by atomic mass is 32.2. The van der Waals surface area contributed by atoms with Gasteiger partial charge in [0, 0.05) is 36.9 Å². The maximum atomic E-state index is 13.2. The van der Waals surface area contributed by atoms with Gasteiger partial charge in [-0.15, -0.1) is 0 Å². The molecule has 8 heteroatoms. The highest BCUT2D eigenvalue weighted by molar-refractivity contribution is 7.94. The Hall–Kier alpha value is -4.14. The lowest BCUT2D eigenvalue weighted by atomic mass is 10.0. The minimum Gasteiger partial charge on any atom is -0.342 e. The van der Waals surface area contributed by atoms with Crippen molar-refractivity contribution in [3.8, 4) is 0 Å². The van der Waals surface area contributed by atoms with Gasteiger partial charge in [-0.25, -0.2) is 16.8 Å². The normalized spacial score (nSPS) is 14.1. The Morgan fingerprint density at radius 3 is 1.19 bits per heavy atom. The van der Waals surface area contributed by atoms with Gasteiger partial charge in [0.05, 0.1) is 20.6 Å². The molecule has 0 amide bonds. The van der Waals surface area contributed by atoms with E-state index < -0.39 is 19.7 Å². The molecule has 0 saturated heterocycles. The van der Waals surface area contributed by atoms with E-state index in [9.17, 15) is 16.8 Å². The van der Waals surface area contributed by atoms with Crippen LogP contribution in [-0.2, 0) is 32.8 Å². The van der Waals surface area contributed by atoms with Gasteiger partial charge in [-0.2, -0.15) is 0 Å². The molecule has 1 heterocycles. The van der Waals surface area contributed by atoms with Crippen LogP contribution in [0.15, 0.2) is 118 Å². The molecule has 0 radical (unpaired) electrons. The summed E-state index contributed by atoms with van der Waals surface area (Å²) < 4.78 is 52.7. The van der Waals surface area contributed by atoms with Gasteiger partial charge in [-0.3, -0.25) is 0 Å². The average Bonchev–Trinajstić information content (AvgIpc) is 2.93. The lowest BCUT2D eigenvalue weighted by Gasteiger charge is -2.33. The Morgan fingerprint density at radius 2 is 0.833 bits per heavy atom. The summed E-state index contributed by atoms with van der Waals surface area (Å²) in [5.74, 6) is 0. The van der Waals surface area contributed by atoms with Crippen LogP contribution < -0.4 is 9.80 Å². The summed E-state index contributed by atoms with van der Waals surface area (Å²) in [5, 5.41) is 2.51. The van der Waals surface area contributed by atoms with E-state index in [1.54, 1.807) is 60.9 Å². The van der Waals surface area contributed by atoms with Crippen LogP contribution >= 0.6 is 0 Å². The molecule has 0 unspecified atom stereocenters. The first-order valence-corrected chi connectivity index (χ1v) is 16.7. The number of sulfone groups is 2. The molecule has 4 aromatic rings. The second-order valence-corrected chi connectivity index (χ2v) is 14.5. The molecule has 0 spiro atoms. The quantitative estimate of drug-likeness (QED) is 0.235. The zero-order valence-corrected chi connectivity index (χ0v) is 25.8. The van der Waals surface area contributed by atoms with Crippen molar-refractivity contribution in [2.75, 3.05) is 9.80 Å². The highest BCUT2D eigenvalue weighted by Crippen LogP contribution is 2.35. The van der Waals surface area contributed by atoms with Gasteiger partial charge < -0.3 is 9.80 Å². The number of hydrogen-bond acceptors (Lipinski definition) is 6. The number of anilines is 2. The summed E-state index contributed by atoms with van der Waals surface area (Å²) in [4.78, 5) is 4.37. The van der Waals surface area contributed by atoms with Gasteiger partial charge >= 0.3 is 0 Å². The molecule has 0 atom stereocenters. The highest BCUT2D eigenvalue weighted by Gasteiger charge is 2.22. The third kappa shape index (κ3) is 6.50. The van der Waals surface area contributed by atoms with Crippen LogP contribution in [0.5, 0.6) is 0 Å². The van der Waals surface area contributed by atoms with E-state index in [2.05, 4.69) is 12.1 Å². The van der Waals surface area contributed by atoms with E-state index in [0.717, 1.165) is 44.8 Å². The largest absolute Gasteiger partial charge is 0.342 e. The Balaban J connectivity index is 1.56. The number of nitrogens with zero attached hydrogens (tertiary/aromatic N) is 2. The van der Waals surface area contributed by atoms with Crippen molar-refractivity contribution in [2.45, 2.75) is 50.6 Å². The number of fused-ring (bicyclic) bond motifs is 2. The molecular formula is C34H34N2O4S2. The van der Waals surface area contributed by atoms with Crippen molar-refractivity contribution in [1.29, 1.82) is 0 Å². The molecule has 0 bridgehead atoms. The van der Waals surface area contributed by atoms with Crippen LogP contribution in [0, 0.1) is 27.7 Å². The standard InChI is InChI=1S/C34H34N2O4S2/c1-25-5-11-31(12-6-25)41(37,38)19-17-35-23-29-21-28(4)10-16-34(29)36(24-30-22-27(3)9-15-33(30)35)18-20-42(39,40)32-13-7-26(2)8-14-32/h5-22H,23-24H2,1-4H3/b19-17+,20-18+. The zero-order valence-electron chi connectivity index (χ0n) is 24.2. The van der Waals surface area contributed by atoms with Crippen molar-refractivity contribution in [3.05, 3.63) is 142 Å². The fraction of sp³-hybridized carbons (Fsp3) is 0.176. The van der Waals surface area contributed by atoms with Gasteiger partial charge in [0.25, 0.3) is 0 Å². The third-order valence-corrected chi connectivity index (χ3v) is 10.1. The van der Waals surface area contributed by atoms with Crippen molar-refractivity contribution in [3.63, 3.8) is 0 Å². The lowest BCUT2D eigenvalue weighted by Crippen LogP contribution is -2.27. The molecule has 0 saturated carbocycles. The van der Waals surface area contributed by atoms with Crippen LogP contribution in [-0.4, -0.2) is 16.8 Å². The Morgan fingerprint density at radius 1 is 0.500 bits per heavy atom. The maximum Gasteiger partial charge on any atom is 0.201 e. The van der Waals surface area contributed by atoms with E-state index in [0.29, 0.717) is 13.1 Å². The van der Waals surface area contributed by atoms with Crippen LogP contribution in [0.1, 0.15) is 33.4 Å². The van der Waals surface area contributed by atoms with Gasteiger partial charge in [0.15, 0.2) is 0 Å². The molecule has 1 aliphatic heterocycles. The van der Waals surface area contributed by atoms with Gasteiger partial charge in [-0.1, -0.05) is 70.8 Å². The molecule has 4 aromatic carbocycles. The summed E-state index contributed by atoms with van der Waals surface area (Å²) in [6.45, 7) is 8.62. The average molecular weight is 599 g/mol. The minimum atomic E-state index is -3.67. The van der Waals surface area contributed by atoms with Gasteiger partial charge in [0.2, 0.25) is 19.7 Å². The van der Waals surface area contributed by atoms with Crippen LogP contribution in [0.3, 0.4) is 0 Å². The van der Waals surface area contributed by atoms with E-state index in [1.807, 2.05) is 61.8 Å². The fourth-order valence-corrected chi connectivity index (χ4v) is 6.93. The predicted octanol–water partition coefficient (Wildman–Crippen LogP) is 7.14. The van der Waals surface area contributed by atoms with E-state index >= 15 is 0 Å². The first kappa shape index (κ1) is 29.4. The first-order chi connectivity index (χ1) is 19.9. The molecule has 0 aliphatic carbocycles. The second kappa shape index (κ2) is 11.6. The number of aryl methyl sites for hydroxylation is 4. The van der Waals surface area contributed by atoms with Crippen LogP contribution in [0.4, 0.5) is 11.4 Å². The molecule has 0 N–H and O–H groups in total. The van der Waals surface area contributed by atoms with Crippen molar-refractivity contribution in [1.82, 2.24) is 0 Å². The van der Waals surface area contributed by atoms with Gasteiger partial charge in [-0.05, 0) is 75.2 Å². The van der Waals surface area contributed by atoms with Gasteiger partial charge in [0.1, 0.15) is 0 Å². The molecule has 1 aliphatic rings. The molecule has 0 aromatic heterocycles. The molecule has 6 nitrogen and oxygen atoms in total. The minimum absolute atomic E-state index is 0.239. The second-order valence-electron chi connectivity index (χ2n) is 10.8. The van der Waals surface area contributed by atoms with E-state index in [-0.39, 0.29) is 9.79 Å². The van der Waals surface area contributed by atoms with Crippen LogP contribution in [0.2, 0.25) is 0 Å². The Bertz CT molecular complexity index is 1750. The third-order valence-electron chi connectivity index (χ3n) is 7.31. The summed E-state index contributed by atoms with van der Waals surface area (Å²) in [7, 11) is -7.34. The SMILES string of the molecule is Cc1ccc(S(=O)(=O)/C=C/N2Cc3cc(C)ccc3N(/C=C/S(=O)(=O)c3ccc(C)cc3)Cc3cc(C)ccc32)cc1. The van der Waals surface area contributed by atoms with Crippen LogP contribution in [0.25, 0.3) is 0 Å². The fourth-order valence-electron chi connectivity index (χ4n) is 4.97. The Kier molecular flexibility index (Phi) is 8.12. The lowest BCUT2D eigenvalue weighted by molar-refractivity contribution is 0.603. The molecule has 216 valence electrons. The molecule has 0 fully saturated rings. The van der Waals surface area contributed by atoms with E-state index in [4.69, 9.17) is 0 Å². The number of hydrogen-bond donors (Lipinski definition) is 0. The number of rotatable bonds is 6. The monoisotopic (exact) mass is 598 g/mol. The summed E-state index contributed by atoms with van der Waals surface area (Å²) in [5.41, 5.74) is 7.65. The Labute approximate surface area is 249 Å². The smallest absolute Gasteiger partial charge is 0.201 e.